The first-order chi connectivity index (χ1) is 9.35. The maximum Gasteiger partial charge on any atom is 0.335 e. The number of hydrogen-bond acceptors (Lipinski definition) is 4. The van der Waals surface area contributed by atoms with E-state index in [9.17, 15) is 13.2 Å². The Morgan fingerprint density at radius 2 is 2.15 bits per heavy atom. The van der Waals surface area contributed by atoms with E-state index in [-0.39, 0.29) is 29.5 Å². The minimum Gasteiger partial charge on any atom is -0.478 e. The van der Waals surface area contributed by atoms with Crippen LogP contribution in [0.2, 0.25) is 0 Å². The molecule has 0 amide bonds. The summed E-state index contributed by atoms with van der Waals surface area (Å²) in [5.74, 6) is -1.11. The molecule has 110 valence electrons. The standard InChI is InChI=1S/C12H17N3O4S/c1-2-15(20(18,19)14-9-4-5-9)11-6-3-8(12(16)17)7-10(11)13/h3,6-7,9,14H,2,4-5,13H2,1H3,(H,16,17). The van der Waals surface area contributed by atoms with Crippen LogP contribution in [0, 0.1) is 0 Å². The highest BCUT2D eigenvalue weighted by molar-refractivity contribution is 7.90. The molecular formula is C12H17N3O4S. The number of carbonyl (C=O) groups is 1. The molecule has 0 unspecified atom stereocenters. The number of rotatable bonds is 6. The zero-order valence-electron chi connectivity index (χ0n) is 11.0. The predicted octanol–water partition coefficient (Wildman–Crippen LogP) is 0.790. The normalized spacial score (nSPS) is 15.1. The SMILES string of the molecule is CCN(c1ccc(C(=O)O)cc1N)S(=O)(=O)NC1CC1. The number of nitrogen functional groups attached to an aromatic ring is 1. The lowest BCUT2D eigenvalue weighted by Crippen LogP contribution is -2.42. The van der Waals surface area contributed by atoms with Crippen molar-refractivity contribution in [2.75, 3.05) is 16.6 Å². The lowest BCUT2D eigenvalue weighted by atomic mass is 10.2. The second-order valence-corrected chi connectivity index (χ2v) is 6.27. The first-order valence-corrected chi connectivity index (χ1v) is 7.72. The largest absolute Gasteiger partial charge is 0.478 e. The predicted molar refractivity (Wildman–Crippen MR) is 75.9 cm³/mol. The molecule has 8 heteroatoms. The molecule has 4 N–H and O–H groups in total. The fourth-order valence-electron chi connectivity index (χ4n) is 1.86. The number of carboxylic acid groups (broad SMARTS) is 1. The maximum absolute atomic E-state index is 12.2. The summed E-state index contributed by atoms with van der Waals surface area (Å²) in [7, 11) is -3.66. The van der Waals surface area contributed by atoms with Crippen LogP contribution in [0.5, 0.6) is 0 Å². The minimum atomic E-state index is -3.66. The third kappa shape index (κ3) is 3.02. The second-order valence-electron chi connectivity index (χ2n) is 4.64. The Bertz CT molecular complexity index is 626. The zero-order valence-corrected chi connectivity index (χ0v) is 11.9. The van der Waals surface area contributed by atoms with Gasteiger partial charge in [0.1, 0.15) is 0 Å². The number of benzene rings is 1. The number of nitrogens with two attached hydrogens (primary N) is 1. The monoisotopic (exact) mass is 299 g/mol. The summed E-state index contributed by atoms with van der Waals surface area (Å²) >= 11 is 0. The highest BCUT2D eigenvalue weighted by Gasteiger charge is 2.31. The Balaban J connectivity index is 2.33. The van der Waals surface area contributed by atoms with Crippen molar-refractivity contribution in [2.45, 2.75) is 25.8 Å². The van der Waals surface area contributed by atoms with E-state index in [0.29, 0.717) is 0 Å². The summed E-state index contributed by atoms with van der Waals surface area (Å²) in [6.07, 6.45) is 1.68. The van der Waals surface area contributed by atoms with Crippen molar-refractivity contribution < 1.29 is 18.3 Å². The fraction of sp³-hybridized carbons (Fsp3) is 0.417. The van der Waals surface area contributed by atoms with Crippen LogP contribution < -0.4 is 14.8 Å². The third-order valence-corrected chi connectivity index (χ3v) is 4.68. The topological polar surface area (TPSA) is 113 Å². The molecule has 0 heterocycles. The van der Waals surface area contributed by atoms with Gasteiger partial charge < -0.3 is 10.8 Å². The van der Waals surface area contributed by atoms with Crippen LogP contribution in [-0.2, 0) is 10.2 Å². The van der Waals surface area contributed by atoms with E-state index < -0.39 is 16.2 Å². The number of carboxylic acids is 1. The van der Waals surface area contributed by atoms with E-state index >= 15 is 0 Å². The molecule has 1 aliphatic carbocycles. The van der Waals surface area contributed by atoms with E-state index in [2.05, 4.69) is 4.72 Å². The van der Waals surface area contributed by atoms with Crippen LogP contribution in [0.15, 0.2) is 18.2 Å². The van der Waals surface area contributed by atoms with Crippen LogP contribution in [0.3, 0.4) is 0 Å². The molecule has 0 atom stereocenters. The third-order valence-electron chi connectivity index (χ3n) is 3.01. The van der Waals surface area contributed by atoms with Gasteiger partial charge in [0, 0.05) is 12.6 Å². The van der Waals surface area contributed by atoms with E-state index in [4.69, 9.17) is 10.8 Å². The molecule has 7 nitrogen and oxygen atoms in total. The summed E-state index contributed by atoms with van der Waals surface area (Å²) in [5, 5.41) is 8.88. The lowest BCUT2D eigenvalue weighted by Gasteiger charge is -2.24. The van der Waals surface area contributed by atoms with Gasteiger partial charge in [0.2, 0.25) is 0 Å². The van der Waals surface area contributed by atoms with Crippen molar-refractivity contribution in [3.8, 4) is 0 Å². The van der Waals surface area contributed by atoms with Crippen molar-refractivity contribution >= 4 is 27.6 Å². The number of aromatic carboxylic acids is 1. The van der Waals surface area contributed by atoms with Gasteiger partial charge >= 0.3 is 16.2 Å². The van der Waals surface area contributed by atoms with Gasteiger partial charge in [0.15, 0.2) is 0 Å². The molecule has 0 spiro atoms. The van der Waals surface area contributed by atoms with Crippen LogP contribution in [-0.4, -0.2) is 32.1 Å². The van der Waals surface area contributed by atoms with Gasteiger partial charge in [-0.15, -0.1) is 0 Å². The minimum absolute atomic E-state index is 0.00596. The van der Waals surface area contributed by atoms with Crippen molar-refractivity contribution in [3.63, 3.8) is 0 Å². The summed E-state index contributed by atoms with van der Waals surface area (Å²) in [6.45, 7) is 1.90. The smallest absolute Gasteiger partial charge is 0.335 e. The molecule has 0 saturated heterocycles. The molecule has 0 aliphatic heterocycles. The van der Waals surface area contributed by atoms with Crippen molar-refractivity contribution in [1.82, 2.24) is 4.72 Å². The maximum atomic E-state index is 12.2. The van der Waals surface area contributed by atoms with E-state index in [1.54, 1.807) is 6.92 Å². The van der Waals surface area contributed by atoms with Gasteiger partial charge in [-0.1, -0.05) is 0 Å². The van der Waals surface area contributed by atoms with Crippen molar-refractivity contribution in [3.05, 3.63) is 23.8 Å². The molecule has 20 heavy (non-hydrogen) atoms. The first-order valence-electron chi connectivity index (χ1n) is 6.28. The van der Waals surface area contributed by atoms with E-state index in [1.807, 2.05) is 0 Å². The van der Waals surface area contributed by atoms with E-state index in [1.165, 1.54) is 18.2 Å². The Kier molecular flexibility index (Phi) is 3.87. The summed E-state index contributed by atoms with van der Waals surface area (Å²) < 4.78 is 28.2. The molecule has 1 aromatic rings. The number of anilines is 2. The van der Waals surface area contributed by atoms with Gasteiger partial charge in [-0.2, -0.15) is 13.1 Å². The number of nitrogens with zero attached hydrogens (tertiary/aromatic N) is 1. The average molecular weight is 299 g/mol. The average Bonchev–Trinajstić information content (AvgIpc) is 3.14. The van der Waals surface area contributed by atoms with Gasteiger partial charge in [-0.05, 0) is 38.0 Å². The van der Waals surface area contributed by atoms with Gasteiger partial charge in [0.25, 0.3) is 0 Å². The fourth-order valence-corrected chi connectivity index (χ4v) is 3.41. The Hall–Kier alpha value is -1.80. The highest BCUT2D eigenvalue weighted by Crippen LogP contribution is 2.28. The van der Waals surface area contributed by atoms with Crippen molar-refractivity contribution in [1.29, 1.82) is 0 Å². The van der Waals surface area contributed by atoms with E-state index in [0.717, 1.165) is 17.1 Å². The molecule has 1 fully saturated rings. The Morgan fingerprint density at radius 3 is 2.60 bits per heavy atom. The molecule has 1 aromatic carbocycles. The van der Waals surface area contributed by atoms with Crippen LogP contribution in [0.25, 0.3) is 0 Å². The van der Waals surface area contributed by atoms with Crippen molar-refractivity contribution in [2.24, 2.45) is 0 Å². The summed E-state index contributed by atoms with van der Waals surface area (Å²) in [6, 6.07) is 4.00. The molecule has 0 bridgehead atoms. The molecule has 1 aliphatic rings. The Morgan fingerprint density at radius 1 is 1.50 bits per heavy atom. The van der Waals surface area contributed by atoms with Gasteiger partial charge in [-0.3, -0.25) is 4.31 Å². The molecular weight excluding hydrogens is 282 g/mol. The quantitative estimate of drug-likeness (QED) is 0.672. The molecule has 1 saturated carbocycles. The number of hydrogen-bond donors (Lipinski definition) is 3. The van der Waals surface area contributed by atoms with Gasteiger partial charge in [0.05, 0.1) is 16.9 Å². The Labute approximate surface area is 117 Å². The van der Waals surface area contributed by atoms with Gasteiger partial charge in [-0.25, -0.2) is 4.79 Å². The highest BCUT2D eigenvalue weighted by atomic mass is 32.2. The molecule has 2 rings (SSSR count). The number of nitrogens with one attached hydrogen (secondary N) is 1. The zero-order chi connectivity index (χ0) is 14.9. The second kappa shape index (κ2) is 5.29. The first kappa shape index (κ1) is 14.6. The van der Waals surface area contributed by atoms with Crippen LogP contribution >= 0.6 is 0 Å². The lowest BCUT2D eigenvalue weighted by molar-refractivity contribution is 0.0697. The van der Waals surface area contributed by atoms with Crippen LogP contribution in [0.4, 0.5) is 11.4 Å². The molecule has 0 radical (unpaired) electrons. The van der Waals surface area contributed by atoms with Crippen LogP contribution in [0.1, 0.15) is 30.1 Å². The molecule has 0 aromatic heterocycles. The summed E-state index contributed by atoms with van der Waals surface area (Å²) in [4.78, 5) is 10.9. The summed E-state index contributed by atoms with van der Waals surface area (Å²) in [5.41, 5.74) is 6.21.